The Hall–Kier alpha value is -0.112. The average Bonchev–Trinajstić information content (AvgIpc) is 2.29. The van der Waals surface area contributed by atoms with Crippen LogP contribution >= 0.6 is 8.73 Å². The Morgan fingerprint density at radius 3 is 2.35 bits per heavy atom. The minimum atomic E-state index is -0.202. The summed E-state index contributed by atoms with van der Waals surface area (Å²) in [6.07, 6.45) is 1.47. The van der Waals surface area contributed by atoms with Gasteiger partial charge in [-0.2, -0.15) is 0 Å². The number of urea groups is 1. The first-order chi connectivity index (χ1) is 7.97. The molecule has 7 heteroatoms. The van der Waals surface area contributed by atoms with Crippen molar-refractivity contribution in [2.45, 2.75) is 13.3 Å². The van der Waals surface area contributed by atoms with Crippen LogP contribution in [-0.4, -0.2) is 64.8 Å². The predicted molar refractivity (Wildman–Crippen MR) is 68.1 cm³/mol. The number of carbonyl (C=O) groups excluding carboxylic acids is 2. The molecule has 0 radical (unpaired) electrons. The van der Waals surface area contributed by atoms with Gasteiger partial charge in [-0.25, -0.2) is 0 Å². The Morgan fingerprint density at radius 1 is 1.41 bits per heavy atom. The van der Waals surface area contributed by atoms with Crippen LogP contribution in [0, 0.1) is 0 Å². The molecule has 1 atom stereocenters. The van der Waals surface area contributed by atoms with Crippen LogP contribution in [0.15, 0.2) is 0 Å². The molecule has 0 rings (SSSR count). The van der Waals surface area contributed by atoms with E-state index in [-0.39, 0.29) is 6.03 Å². The molecule has 0 aromatic heterocycles. The number of amides is 3. The SMILES string of the molecule is CCN(C=O)C(=O)N(PC)[C](=[W])CCN(C)C. The van der Waals surface area contributed by atoms with Crippen molar-refractivity contribution >= 4 is 25.2 Å². The molecule has 0 bridgehead atoms. The summed E-state index contributed by atoms with van der Waals surface area (Å²) in [6, 6.07) is -0.202. The van der Waals surface area contributed by atoms with Crippen LogP contribution in [0.4, 0.5) is 4.79 Å². The first kappa shape index (κ1) is 16.9. The molecule has 5 nitrogen and oxygen atoms in total. The van der Waals surface area contributed by atoms with E-state index in [0.29, 0.717) is 21.7 Å². The molecule has 17 heavy (non-hydrogen) atoms. The topological polar surface area (TPSA) is 43.9 Å². The van der Waals surface area contributed by atoms with Crippen LogP contribution in [0.25, 0.3) is 0 Å². The summed E-state index contributed by atoms with van der Waals surface area (Å²) >= 11 is 1.28. The number of rotatable bonds is 7. The van der Waals surface area contributed by atoms with Gasteiger partial charge in [0.2, 0.25) is 0 Å². The molecule has 0 saturated carbocycles. The summed E-state index contributed by atoms with van der Waals surface area (Å²) in [7, 11) is 4.37. The van der Waals surface area contributed by atoms with Crippen molar-refractivity contribution in [1.29, 1.82) is 0 Å². The van der Waals surface area contributed by atoms with Crippen molar-refractivity contribution in [1.82, 2.24) is 14.5 Å². The summed E-state index contributed by atoms with van der Waals surface area (Å²) in [6.45, 7) is 5.08. The molecule has 0 spiro atoms. The third kappa shape index (κ3) is 5.85. The van der Waals surface area contributed by atoms with Crippen LogP contribution in [0.5, 0.6) is 0 Å². The second-order valence-corrected chi connectivity index (χ2v) is 6.27. The molecular weight excluding hydrogens is 409 g/mol. The number of hydrogen-bond acceptors (Lipinski definition) is 3. The summed E-state index contributed by atoms with van der Waals surface area (Å²) in [5.41, 5.74) is 0. The first-order valence-corrected chi connectivity index (χ1v) is 8.30. The molecule has 98 valence electrons. The monoisotopic (exact) mass is 429 g/mol. The standard InChI is InChI=1S/C10H20N3O2P.W/c1-5-12(9-14)10(15)13(16-4)8-6-7-11(2)3;/h9,16H,5-7H2,1-4H3;. The van der Waals surface area contributed by atoms with E-state index in [0.717, 1.165) is 17.0 Å². The molecule has 0 aliphatic carbocycles. The molecule has 0 aliphatic heterocycles. The number of hydrogen-bond donors (Lipinski definition) is 0. The zero-order chi connectivity index (χ0) is 13.4. The molecule has 0 aromatic rings. The van der Waals surface area contributed by atoms with E-state index in [1.54, 1.807) is 11.6 Å². The summed E-state index contributed by atoms with van der Waals surface area (Å²) in [4.78, 5) is 26.1. The Bertz CT molecular complexity index is 287. The van der Waals surface area contributed by atoms with E-state index in [9.17, 15) is 9.59 Å². The quantitative estimate of drug-likeness (QED) is 0.443. The van der Waals surface area contributed by atoms with Gasteiger partial charge in [-0.15, -0.1) is 0 Å². The third-order valence-corrected chi connectivity index (χ3v) is 5.08. The van der Waals surface area contributed by atoms with Gasteiger partial charge < -0.3 is 0 Å². The summed E-state index contributed by atoms with van der Waals surface area (Å²) in [5, 5.41) is 0. The Balaban J connectivity index is 4.54. The van der Waals surface area contributed by atoms with Gasteiger partial charge in [-0.3, -0.25) is 0 Å². The normalized spacial score (nSPS) is 10.9. The van der Waals surface area contributed by atoms with Gasteiger partial charge in [0.15, 0.2) is 0 Å². The Kier molecular flexibility index (Phi) is 8.85. The minimum absolute atomic E-state index is 0.202. The molecular formula is C10H20N3O2PW. The predicted octanol–water partition coefficient (Wildman–Crippen LogP) is 0.738. The van der Waals surface area contributed by atoms with Crippen molar-refractivity contribution in [3.8, 4) is 0 Å². The first-order valence-electron chi connectivity index (χ1n) is 5.38. The molecule has 0 fully saturated rings. The van der Waals surface area contributed by atoms with E-state index >= 15 is 0 Å². The molecule has 0 saturated heterocycles. The van der Waals surface area contributed by atoms with E-state index < -0.39 is 0 Å². The number of nitrogens with zero attached hydrogens (tertiary/aromatic N) is 3. The second-order valence-electron chi connectivity index (χ2n) is 3.68. The fourth-order valence-electron chi connectivity index (χ4n) is 1.14. The van der Waals surface area contributed by atoms with Crippen molar-refractivity contribution in [2.75, 3.05) is 33.8 Å². The maximum absolute atomic E-state index is 12.0. The summed E-state index contributed by atoms with van der Waals surface area (Å²) in [5.74, 6) is 0. The van der Waals surface area contributed by atoms with Crippen LogP contribution in [0.1, 0.15) is 13.3 Å². The third-order valence-electron chi connectivity index (χ3n) is 2.15. The number of imide groups is 1. The fourth-order valence-corrected chi connectivity index (χ4v) is 3.41. The molecule has 3 amide bonds. The van der Waals surface area contributed by atoms with E-state index in [1.807, 2.05) is 20.8 Å². The zero-order valence-corrected chi connectivity index (χ0v) is 14.7. The second kappa shape index (κ2) is 8.90. The van der Waals surface area contributed by atoms with E-state index in [4.69, 9.17) is 0 Å². The van der Waals surface area contributed by atoms with Gasteiger partial charge in [0, 0.05) is 0 Å². The zero-order valence-electron chi connectivity index (χ0n) is 10.8. The number of carbonyl (C=O) groups is 2. The molecule has 1 unspecified atom stereocenters. The van der Waals surface area contributed by atoms with E-state index in [1.165, 1.54) is 24.3 Å². The van der Waals surface area contributed by atoms with Crippen LogP contribution in [-0.2, 0) is 24.1 Å². The van der Waals surface area contributed by atoms with Gasteiger partial charge in [0.25, 0.3) is 0 Å². The van der Waals surface area contributed by atoms with Crippen LogP contribution in [0.3, 0.4) is 0 Å². The summed E-state index contributed by atoms with van der Waals surface area (Å²) < 4.78 is 2.81. The van der Waals surface area contributed by atoms with Gasteiger partial charge in [-0.05, 0) is 0 Å². The van der Waals surface area contributed by atoms with Crippen molar-refractivity contribution < 1.29 is 28.9 Å². The maximum atomic E-state index is 12.0. The molecule has 0 aromatic carbocycles. The Morgan fingerprint density at radius 2 is 2.00 bits per heavy atom. The van der Waals surface area contributed by atoms with Gasteiger partial charge >= 0.3 is 116 Å². The van der Waals surface area contributed by atoms with Gasteiger partial charge in [-0.1, -0.05) is 0 Å². The Labute approximate surface area is 116 Å². The van der Waals surface area contributed by atoms with E-state index in [2.05, 4.69) is 4.90 Å². The average molecular weight is 429 g/mol. The van der Waals surface area contributed by atoms with Crippen molar-refractivity contribution in [3.05, 3.63) is 0 Å². The fraction of sp³-hybridized carbons (Fsp3) is 0.700. The van der Waals surface area contributed by atoms with Gasteiger partial charge in [0.1, 0.15) is 0 Å². The van der Waals surface area contributed by atoms with Crippen molar-refractivity contribution in [3.63, 3.8) is 0 Å². The van der Waals surface area contributed by atoms with Gasteiger partial charge in [0.05, 0.1) is 0 Å². The molecule has 0 aliphatic rings. The van der Waals surface area contributed by atoms with Crippen LogP contribution in [0.2, 0.25) is 0 Å². The van der Waals surface area contributed by atoms with Crippen molar-refractivity contribution in [2.24, 2.45) is 0 Å². The molecule has 0 heterocycles. The molecule has 0 N–H and O–H groups in total. The van der Waals surface area contributed by atoms with Crippen LogP contribution < -0.4 is 0 Å².